The summed E-state index contributed by atoms with van der Waals surface area (Å²) in [6.45, 7) is 0. The predicted octanol–water partition coefficient (Wildman–Crippen LogP) is 7.14. The Bertz CT molecular complexity index is 1580. The van der Waals surface area contributed by atoms with E-state index in [4.69, 9.17) is 26.6 Å². The summed E-state index contributed by atoms with van der Waals surface area (Å²) in [5, 5.41) is 1.27. The lowest BCUT2D eigenvalue weighted by molar-refractivity contribution is 1.07. The molecule has 0 aliphatic carbocycles. The minimum Gasteiger partial charge on any atom is -0.228 e. The summed E-state index contributed by atoms with van der Waals surface area (Å²) in [6.07, 6.45) is 0. The number of aromatic nitrogens is 5. The van der Waals surface area contributed by atoms with E-state index in [0.29, 0.717) is 28.5 Å². The molecular formula is C29H18ClN5. The summed E-state index contributed by atoms with van der Waals surface area (Å²) in [7, 11) is 0. The molecule has 0 bridgehead atoms. The van der Waals surface area contributed by atoms with Crippen molar-refractivity contribution in [2.45, 2.75) is 0 Å². The van der Waals surface area contributed by atoms with Gasteiger partial charge in [0.2, 0.25) is 0 Å². The second-order valence-corrected chi connectivity index (χ2v) is 8.33. The van der Waals surface area contributed by atoms with E-state index in [1.807, 2.05) is 109 Å². The largest absolute Gasteiger partial charge is 0.228 e. The molecule has 35 heavy (non-hydrogen) atoms. The number of benzene rings is 4. The number of para-hydroxylation sites is 1. The molecule has 0 atom stereocenters. The van der Waals surface area contributed by atoms with Crippen molar-refractivity contribution in [1.82, 2.24) is 24.9 Å². The average molecular weight is 472 g/mol. The Morgan fingerprint density at radius 1 is 0.371 bits per heavy atom. The lowest BCUT2D eigenvalue weighted by atomic mass is 10.1. The second kappa shape index (κ2) is 9.05. The van der Waals surface area contributed by atoms with E-state index in [9.17, 15) is 0 Å². The fourth-order valence-electron chi connectivity index (χ4n) is 3.87. The van der Waals surface area contributed by atoms with Gasteiger partial charge in [-0.15, -0.1) is 0 Å². The topological polar surface area (TPSA) is 64.5 Å². The van der Waals surface area contributed by atoms with Crippen LogP contribution < -0.4 is 0 Å². The Morgan fingerprint density at radius 3 is 1.29 bits per heavy atom. The van der Waals surface area contributed by atoms with E-state index >= 15 is 0 Å². The van der Waals surface area contributed by atoms with Gasteiger partial charge >= 0.3 is 0 Å². The number of hydrogen-bond acceptors (Lipinski definition) is 5. The molecule has 6 rings (SSSR count). The van der Waals surface area contributed by atoms with Gasteiger partial charge in [0.1, 0.15) is 5.15 Å². The normalized spacial score (nSPS) is 11.0. The van der Waals surface area contributed by atoms with E-state index in [1.54, 1.807) is 0 Å². The Morgan fingerprint density at radius 2 is 0.771 bits per heavy atom. The summed E-state index contributed by atoms with van der Waals surface area (Å²) < 4.78 is 0. The number of hydrogen-bond donors (Lipinski definition) is 0. The van der Waals surface area contributed by atoms with E-state index < -0.39 is 0 Å². The molecule has 0 aliphatic rings. The van der Waals surface area contributed by atoms with Crippen LogP contribution in [0.5, 0.6) is 0 Å². The van der Waals surface area contributed by atoms with Crippen molar-refractivity contribution in [2.75, 3.05) is 0 Å². The minimum atomic E-state index is 0.437. The molecule has 0 saturated carbocycles. The summed E-state index contributed by atoms with van der Waals surface area (Å²) in [5.41, 5.74) is 4.41. The Kier molecular flexibility index (Phi) is 5.45. The first kappa shape index (κ1) is 21.1. The van der Waals surface area contributed by atoms with Gasteiger partial charge < -0.3 is 0 Å². The second-order valence-electron chi connectivity index (χ2n) is 7.97. The smallest absolute Gasteiger partial charge is 0.164 e. The molecule has 166 valence electrons. The third-order valence-electron chi connectivity index (χ3n) is 5.66. The van der Waals surface area contributed by atoms with Crippen LogP contribution in [0.1, 0.15) is 0 Å². The number of rotatable bonds is 4. The molecule has 0 spiro atoms. The molecule has 4 aromatic carbocycles. The standard InChI is InChI=1S/C29H18ClN5/c30-25-23-13-7-8-14-24(23)31-26(32-25)21-15-17-22(18-16-21)29-34-27(19-9-3-1-4-10-19)33-28(35-29)20-11-5-2-6-12-20/h1-18H. The SMILES string of the molecule is Clc1nc(-c2ccc(-c3nc(-c4ccccc4)nc(-c4ccccc4)n3)cc2)nc2ccccc12. The Balaban J connectivity index is 1.43. The quantitative estimate of drug-likeness (QED) is 0.256. The zero-order valence-corrected chi connectivity index (χ0v) is 19.3. The van der Waals surface area contributed by atoms with Gasteiger partial charge in [-0.3, -0.25) is 0 Å². The van der Waals surface area contributed by atoms with Crippen LogP contribution in [0.25, 0.3) is 56.5 Å². The fraction of sp³-hybridized carbons (Fsp3) is 0. The lowest BCUT2D eigenvalue weighted by Crippen LogP contribution is -2.00. The molecule has 0 radical (unpaired) electrons. The Hall–Kier alpha value is -4.48. The number of halogens is 1. The number of fused-ring (bicyclic) bond motifs is 1. The van der Waals surface area contributed by atoms with Gasteiger partial charge in [-0.05, 0) is 12.1 Å². The highest BCUT2D eigenvalue weighted by atomic mass is 35.5. The summed E-state index contributed by atoms with van der Waals surface area (Å²) >= 11 is 6.41. The molecule has 2 heterocycles. The highest BCUT2D eigenvalue weighted by Gasteiger charge is 2.13. The average Bonchev–Trinajstić information content (AvgIpc) is 2.94. The van der Waals surface area contributed by atoms with E-state index in [0.717, 1.165) is 33.2 Å². The highest BCUT2D eigenvalue weighted by Crippen LogP contribution is 2.28. The van der Waals surface area contributed by atoms with Gasteiger partial charge in [-0.2, -0.15) is 0 Å². The summed E-state index contributed by atoms with van der Waals surface area (Å²) in [5.74, 6) is 2.43. The molecule has 5 nitrogen and oxygen atoms in total. The predicted molar refractivity (Wildman–Crippen MR) is 140 cm³/mol. The maximum Gasteiger partial charge on any atom is 0.164 e. The van der Waals surface area contributed by atoms with Crippen LogP contribution >= 0.6 is 11.6 Å². The first-order chi connectivity index (χ1) is 17.2. The monoisotopic (exact) mass is 471 g/mol. The van der Waals surface area contributed by atoms with Crippen LogP contribution in [0.3, 0.4) is 0 Å². The Labute approximate surface area is 207 Å². The van der Waals surface area contributed by atoms with Crippen molar-refractivity contribution in [3.63, 3.8) is 0 Å². The van der Waals surface area contributed by atoms with Gasteiger partial charge in [0, 0.05) is 27.6 Å². The molecule has 0 saturated heterocycles. The maximum atomic E-state index is 6.41. The first-order valence-corrected chi connectivity index (χ1v) is 11.5. The lowest BCUT2D eigenvalue weighted by Gasteiger charge is -2.09. The van der Waals surface area contributed by atoms with Crippen LogP contribution in [0.15, 0.2) is 109 Å². The molecule has 6 aromatic rings. The molecule has 0 aliphatic heterocycles. The summed E-state index contributed by atoms with van der Waals surface area (Å²) in [4.78, 5) is 23.5. The van der Waals surface area contributed by atoms with Crippen molar-refractivity contribution in [3.8, 4) is 45.6 Å². The molecule has 6 heteroatoms. The maximum absolute atomic E-state index is 6.41. The van der Waals surface area contributed by atoms with Gasteiger partial charge in [0.05, 0.1) is 5.52 Å². The van der Waals surface area contributed by atoms with Gasteiger partial charge in [0.25, 0.3) is 0 Å². The molecule has 0 unspecified atom stereocenters. The van der Waals surface area contributed by atoms with Crippen molar-refractivity contribution >= 4 is 22.5 Å². The van der Waals surface area contributed by atoms with E-state index in [2.05, 4.69) is 9.97 Å². The van der Waals surface area contributed by atoms with Gasteiger partial charge in [-0.1, -0.05) is 109 Å². The summed E-state index contributed by atoms with van der Waals surface area (Å²) in [6, 6.07) is 35.4. The zero-order chi connectivity index (χ0) is 23.6. The molecule has 2 aromatic heterocycles. The van der Waals surface area contributed by atoms with Crippen LogP contribution in [-0.4, -0.2) is 24.9 Å². The van der Waals surface area contributed by atoms with Gasteiger partial charge in [0.15, 0.2) is 23.3 Å². The zero-order valence-electron chi connectivity index (χ0n) is 18.5. The van der Waals surface area contributed by atoms with E-state index in [1.165, 1.54) is 0 Å². The van der Waals surface area contributed by atoms with Crippen molar-refractivity contribution in [3.05, 3.63) is 114 Å². The fourth-order valence-corrected chi connectivity index (χ4v) is 4.11. The van der Waals surface area contributed by atoms with Gasteiger partial charge in [-0.25, -0.2) is 24.9 Å². The van der Waals surface area contributed by atoms with Crippen LogP contribution in [0.2, 0.25) is 5.15 Å². The van der Waals surface area contributed by atoms with Crippen molar-refractivity contribution < 1.29 is 0 Å². The molecular weight excluding hydrogens is 454 g/mol. The van der Waals surface area contributed by atoms with Crippen LogP contribution in [-0.2, 0) is 0 Å². The highest BCUT2D eigenvalue weighted by molar-refractivity contribution is 6.34. The third-order valence-corrected chi connectivity index (χ3v) is 5.95. The third kappa shape index (κ3) is 4.25. The first-order valence-electron chi connectivity index (χ1n) is 11.1. The minimum absolute atomic E-state index is 0.437. The number of nitrogens with zero attached hydrogens (tertiary/aromatic N) is 5. The van der Waals surface area contributed by atoms with Crippen molar-refractivity contribution in [1.29, 1.82) is 0 Å². The van der Waals surface area contributed by atoms with Crippen LogP contribution in [0, 0.1) is 0 Å². The van der Waals surface area contributed by atoms with E-state index in [-0.39, 0.29) is 0 Å². The molecule has 0 N–H and O–H groups in total. The molecule has 0 fully saturated rings. The van der Waals surface area contributed by atoms with Crippen LogP contribution in [0.4, 0.5) is 0 Å². The molecule has 0 amide bonds. The van der Waals surface area contributed by atoms with Crippen molar-refractivity contribution in [2.24, 2.45) is 0 Å².